The molecule has 9 heteroatoms. The van der Waals surface area contributed by atoms with Crippen LogP contribution in [0.4, 0.5) is 5.69 Å². The molecule has 0 radical (unpaired) electrons. The molecule has 2 rings (SSSR count). The Morgan fingerprint density at radius 2 is 2.00 bits per heavy atom. The van der Waals surface area contributed by atoms with Crippen molar-refractivity contribution in [2.75, 3.05) is 19.0 Å². The Bertz CT molecular complexity index is 944. The Kier molecular flexibility index (Phi) is 7.44. The molecule has 2 aromatic carbocycles. The molecule has 0 heterocycles. The number of aliphatic carboxylic acids is 1. The van der Waals surface area contributed by atoms with E-state index < -0.39 is 18.5 Å². The summed E-state index contributed by atoms with van der Waals surface area (Å²) in [7, 11) is 1.53. The highest BCUT2D eigenvalue weighted by Crippen LogP contribution is 2.35. The normalized spacial score (nSPS) is 10.7. The minimum absolute atomic E-state index is 0.134. The first kappa shape index (κ1) is 21.3. The van der Waals surface area contributed by atoms with Gasteiger partial charge in [-0.3, -0.25) is 4.79 Å². The average Bonchev–Trinajstić information content (AvgIpc) is 2.65. The molecule has 0 saturated heterocycles. The van der Waals surface area contributed by atoms with Crippen molar-refractivity contribution in [1.29, 1.82) is 5.26 Å². The van der Waals surface area contributed by atoms with Crippen LogP contribution >= 0.6 is 27.5 Å². The largest absolute Gasteiger partial charge is 0.497 e. The Balaban J connectivity index is 2.21. The number of nitrogens with zero attached hydrogens (tertiary/aromatic N) is 1. The fraction of sp³-hybridized carbons (Fsp3) is 0.105. The van der Waals surface area contributed by atoms with Crippen molar-refractivity contribution in [1.82, 2.24) is 0 Å². The van der Waals surface area contributed by atoms with Crippen LogP contribution in [0.15, 0.2) is 46.4 Å². The van der Waals surface area contributed by atoms with E-state index in [1.165, 1.54) is 19.3 Å². The third-order valence-electron chi connectivity index (χ3n) is 3.38. The second-order valence-electron chi connectivity index (χ2n) is 5.35. The predicted octanol–water partition coefficient (Wildman–Crippen LogP) is 4.12. The monoisotopic (exact) mass is 464 g/mol. The Hall–Kier alpha value is -3.02. The molecule has 0 unspecified atom stereocenters. The zero-order valence-electron chi connectivity index (χ0n) is 14.5. The number of carbonyl (C=O) groups excluding carboxylic acids is 1. The highest BCUT2D eigenvalue weighted by molar-refractivity contribution is 9.10. The van der Waals surface area contributed by atoms with Crippen molar-refractivity contribution < 1.29 is 24.2 Å². The van der Waals surface area contributed by atoms with E-state index in [9.17, 15) is 14.9 Å². The van der Waals surface area contributed by atoms with Gasteiger partial charge in [0.1, 0.15) is 17.4 Å². The first-order valence-corrected chi connectivity index (χ1v) is 8.92. The third-order valence-corrected chi connectivity index (χ3v) is 4.25. The number of nitrogens with one attached hydrogen (secondary N) is 1. The van der Waals surface area contributed by atoms with Gasteiger partial charge in [-0.2, -0.15) is 5.26 Å². The van der Waals surface area contributed by atoms with Gasteiger partial charge in [0, 0.05) is 5.69 Å². The SMILES string of the molecule is COc1ccc(NC(=O)/C(C#N)=C\c2cc(Cl)c(OCC(=O)O)c(Br)c2)cc1. The summed E-state index contributed by atoms with van der Waals surface area (Å²) in [6.07, 6.45) is 1.36. The molecule has 0 aliphatic heterocycles. The molecule has 28 heavy (non-hydrogen) atoms. The number of hydrogen-bond donors (Lipinski definition) is 2. The van der Waals surface area contributed by atoms with Gasteiger partial charge in [-0.25, -0.2) is 4.79 Å². The Labute approximate surface area is 174 Å². The highest BCUT2D eigenvalue weighted by Gasteiger charge is 2.13. The second kappa shape index (κ2) is 9.78. The van der Waals surface area contributed by atoms with Gasteiger partial charge in [0.15, 0.2) is 12.4 Å². The van der Waals surface area contributed by atoms with Gasteiger partial charge >= 0.3 is 5.97 Å². The molecule has 0 aliphatic rings. The standard InChI is InChI=1S/C19H14BrClN2O5/c1-27-14-4-2-13(3-5-14)23-19(26)12(9-22)6-11-7-15(20)18(16(21)8-11)28-10-17(24)25/h2-8H,10H2,1H3,(H,23,26)(H,24,25)/b12-6-. The number of methoxy groups -OCH3 is 1. The molecule has 0 saturated carbocycles. The molecular formula is C19H14BrClN2O5. The van der Waals surface area contributed by atoms with E-state index in [0.717, 1.165) is 0 Å². The van der Waals surface area contributed by atoms with Crippen molar-refractivity contribution in [2.24, 2.45) is 0 Å². The molecule has 144 valence electrons. The number of rotatable bonds is 7. The zero-order valence-corrected chi connectivity index (χ0v) is 16.9. The van der Waals surface area contributed by atoms with Gasteiger partial charge < -0.3 is 19.9 Å². The van der Waals surface area contributed by atoms with E-state index in [2.05, 4.69) is 21.2 Å². The fourth-order valence-electron chi connectivity index (χ4n) is 2.12. The number of carboxylic acids is 1. The van der Waals surface area contributed by atoms with Crippen molar-refractivity contribution in [3.63, 3.8) is 0 Å². The highest BCUT2D eigenvalue weighted by atomic mass is 79.9. The molecule has 2 N–H and O–H groups in total. The molecule has 0 aromatic heterocycles. The van der Waals surface area contributed by atoms with Gasteiger partial charge in [0.2, 0.25) is 0 Å². The summed E-state index contributed by atoms with van der Waals surface area (Å²) < 4.78 is 10.5. The molecule has 0 spiro atoms. The summed E-state index contributed by atoms with van der Waals surface area (Å²) in [5.74, 6) is -0.943. The summed E-state index contributed by atoms with van der Waals surface area (Å²) in [5.41, 5.74) is 0.822. The smallest absolute Gasteiger partial charge is 0.341 e. The number of nitriles is 1. The van der Waals surface area contributed by atoms with Crippen LogP contribution in [-0.2, 0) is 9.59 Å². The van der Waals surface area contributed by atoms with Crippen molar-refractivity contribution >= 4 is 51.2 Å². The zero-order chi connectivity index (χ0) is 20.7. The Morgan fingerprint density at radius 1 is 1.32 bits per heavy atom. The van der Waals surface area contributed by atoms with Crippen molar-refractivity contribution in [3.05, 3.63) is 57.0 Å². The van der Waals surface area contributed by atoms with Crippen molar-refractivity contribution in [2.45, 2.75) is 0 Å². The number of halogens is 2. The quantitative estimate of drug-likeness (QED) is 0.470. The maximum atomic E-state index is 12.3. The van der Waals surface area contributed by atoms with Crippen molar-refractivity contribution in [3.8, 4) is 17.6 Å². The first-order chi connectivity index (χ1) is 13.3. The maximum absolute atomic E-state index is 12.3. The lowest BCUT2D eigenvalue weighted by Crippen LogP contribution is -2.13. The molecule has 0 fully saturated rings. The summed E-state index contributed by atoms with van der Waals surface area (Å²) in [6.45, 7) is -0.554. The van der Waals surface area contributed by atoms with Crippen LogP contribution in [0.5, 0.6) is 11.5 Å². The van der Waals surface area contributed by atoms with Crippen LogP contribution in [0.1, 0.15) is 5.56 Å². The summed E-state index contributed by atoms with van der Waals surface area (Å²) in [6, 6.07) is 11.5. The molecule has 1 amide bonds. The lowest BCUT2D eigenvalue weighted by Gasteiger charge is -2.10. The van der Waals surface area contributed by atoms with Gasteiger partial charge in [0.25, 0.3) is 5.91 Å². The van der Waals surface area contributed by atoms with Gasteiger partial charge in [-0.1, -0.05) is 11.6 Å². The molecular weight excluding hydrogens is 452 g/mol. The van der Waals surface area contributed by atoms with E-state index in [0.29, 0.717) is 21.5 Å². The number of amides is 1. The summed E-state index contributed by atoms with van der Waals surface area (Å²) >= 11 is 9.35. The summed E-state index contributed by atoms with van der Waals surface area (Å²) in [4.78, 5) is 23.0. The van der Waals surface area contributed by atoms with E-state index in [1.807, 2.05) is 6.07 Å². The number of ether oxygens (including phenoxy) is 2. The fourth-order valence-corrected chi connectivity index (χ4v) is 3.11. The maximum Gasteiger partial charge on any atom is 0.341 e. The van der Waals surface area contributed by atoms with Crippen LogP contribution in [0, 0.1) is 11.3 Å². The molecule has 2 aromatic rings. The van der Waals surface area contributed by atoms with E-state index in [1.54, 1.807) is 30.3 Å². The molecule has 0 aliphatic carbocycles. The number of hydrogen-bond acceptors (Lipinski definition) is 5. The number of anilines is 1. The molecule has 0 bridgehead atoms. The number of benzene rings is 2. The van der Waals surface area contributed by atoms with Crippen LogP contribution in [0.2, 0.25) is 5.02 Å². The minimum Gasteiger partial charge on any atom is -0.497 e. The summed E-state index contributed by atoms with van der Waals surface area (Å²) in [5, 5.41) is 20.8. The number of carboxylic acid groups (broad SMARTS) is 1. The van der Waals surface area contributed by atoms with Gasteiger partial charge in [-0.05, 0) is 64.0 Å². The first-order valence-electron chi connectivity index (χ1n) is 7.75. The predicted molar refractivity (Wildman–Crippen MR) is 107 cm³/mol. The molecule has 0 atom stereocenters. The van der Waals surface area contributed by atoms with Crippen LogP contribution in [0.3, 0.4) is 0 Å². The topological polar surface area (TPSA) is 109 Å². The molecule has 7 nitrogen and oxygen atoms in total. The average molecular weight is 466 g/mol. The van der Waals surface area contributed by atoms with Crippen LogP contribution in [-0.4, -0.2) is 30.7 Å². The second-order valence-corrected chi connectivity index (χ2v) is 6.61. The van der Waals surface area contributed by atoms with E-state index >= 15 is 0 Å². The lowest BCUT2D eigenvalue weighted by molar-refractivity contribution is -0.139. The third kappa shape index (κ3) is 5.74. The van der Waals surface area contributed by atoms with Crippen LogP contribution < -0.4 is 14.8 Å². The number of carbonyl (C=O) groups is 2. The lowest BCUT2D eigenvalue weighted by atomic mass is 10.1. The Morgan fingerprint density at radius 3 is 2.54 bits per heavy atom. The van der Waals surface area contributed by atoms with E-state index in [4.69, 9.17) is 26.2 Å². The van der Waals surface area contributed by atoms with Crippen LogP contribution in [0.25, 0.3) is 6.08 Å². The minimum atomic E-state index is -1.14. The van der Waals surface area contributed by atoms with E-state index in [-0.39, 0.29) is 16.3 Å². The van der Waals surface area contributed by atoms with Gasteiger partial charge in [-0.15, -0.1) is 0 Å². The van der Waals surface area contributed by atoms with Gasteiger partial charge in [0.05, 0.1) is 16.6 Å².